The van der Waals surface area contributed by atoms with Crippen molar-refractivity contribution in [2.45, 2.75) is 30.4 Å². The Labute approximate surface area is 97.6 Å². The summed E-state index contributed by atoms with van der Waals surface area (Å²) >= 11 is 0. The third kappa shape index (κ3) is 2.66. The summed E-state index contributed by atoms with van der Waals surface area (Å²) in [6.45, 7) is 0.288. The maximum absolute atomic E-state index is 11.8. The normalized spacial score (nSPS) is 21.1. The van der Waals surface area contributed by atoms with Gasteiger partial charge in [-0.3, -0.25) is 4.99 Å². The van der Waals surface area contributed by atoms with Crippen LogP contribution in [0.2, 0.25) is 0 Å². The topological polar surface area (TPSA) is 75.8 Å². The van der Waals surface area contributed by atoms with E-state index < -0.39 is 14.6 Å². The number of nitrogens with two attached hydrogens (primary N) is 1. The lowest BCUT2D eigenvalue weighted by Gasteiger charge is -2.25. The second-order valence-electron chi connectivity index (χ2n) is 4.73. The minimum absolute atomic E-state index is 0.288. The average Bonchev–Trinajstić information content (AvgIpc) is 2.62. The summed E-state index contributed by atoms with van der Waals surface area (Å²) in [5, 5.41) is 0. The van der Waals surface area contributed by atoms with Gasteiger partial charge in [0.1, 0.15) is 0 Å². The van der Waals surface area contributed by atoms with Crippen LogP contribution in [0.4, 0.5) is 0 Å². The molecule has 94 valence electrons. The molecule has 0 amide bonds. The van der Waals surface area contributed by atoms with Crippen LogP contribution in [0.3, 0.4) is 0 Å². The zero-order chi connectivity index (χ0) is 12.4. The average molecular weight is 247 g/mol. The number of sulfone groups is 1. The van der Waals surface area contributed by atoms with Crippen molar-refractivity contribution in [1.29, 1.82) is 0 Å². The summed E-state index contributed by atoms with van der Waals surface area (Å²) in [5.74, 6) is 0.384. The minimum atomic E-state index is -3.07. The van der Waals surface area contributed by atoms with Crippen molar-refractivity contribution in [1.82, 2.24) is 4.90 Å². The van der Waals surface area contributed by atoms with E-state index in [0.717, 1.165) is 12.8 Å². The molecule has 0 spiro atoms. The molecule has 0 aromatic carbocycles. The van der Waals surface area contributed by atoms with Crippen LogP contribution in [0, 0.1) is 0 Å². The molecule has 1 aliphatic carbocycles. The van der Waals surface area contributed by atoms with Crippen molar-refractivity contribution in [3.05, 3.63) is 0 Å². The molecule has 1 saturated carbocycles. The number of aliphatic imine (C=N–C) groups is 1. The van der Waals surface area contributed by atoms with Gasteiger partial charge in [0.15, 0.2) is 15.8 Å². The molecule has 0 aromatic rings. The number of hydrogen-bond acceptors (Lipinski definition) is 3. The first-order valence-corrected chi connectivity index (χ1v) is 7.34. The van der Waals surface area contributed by atoms with Gasteiger partial charge in [-0.2, -0.15) is 0 Å². The quantitative estimate of drug-likeness (QED) is 0.572. The van der Waals surface area contributed by atoms with Crippen LogP contribution >= 0.6 is 0 Å². The third-order valence-electron chi connectivity index (χ3n) is 3.29. The SMILES string of the molecule is CN(C)C(N)=NCC1(S(C)(=O)=O)CCCC1. The van der Waals surface area contributed by atoms with Crippen molar-refractivity contribution in [2.75, 3.05) is 26.9 Å². The highest BCUT2D eigenvalue weighted by molar-refractivity contribution is 7.92. The van der Waals surface area contributed by atoms with Gasteiger partial charge in [0.2, 0.25) is 0 Å². The predicted molar refractivity (Wildman–Crippen MR) is 66.2 cm³/mol. The van der Waals surface area contributed by atoms with E-state index in [0.29, 0.717) is 18.8 Å². The predicted octanol–water partition coefficient (Wildman–Crippen LogP) is 0.220. The van der Waals surface area contributed by atoms with Crippen LogP contribution < -0.4 is 5.73 Å². The maximum atomic E-state index is 11.8. The molecule has 0 bridgehead atoms. The monoisotopic (exact) mass is 247 g/mol. The summed E-state index contributed by atoms with van der Waals surface area (Å²) in [7, 11) is 0.518. The fourth-order valence-corrected chi connectivity index (χ4v) is 3.36. The zero-order valence-electron chi connectivity index (χ0n) is 10.2. The second-order valence-corrected chi connectivity index (χ2v) is 7.14. The van der Waals surface area contributed by atoms with Gasteiger partial charge in [-0.1, -0.05) is 12.8 Å². The zero-order valence-corrected chi connectivity index (χ0v) is 11.0. The Morgan fingerprint density at radius 1 is 1.38 bits per heavy atom. The van der Waals surface area contributed by atoms with E-state index in [-0.39, 0.29) is 6.54 Å². The summed E-state index contributed by atoms with van der Waals surface area (Å²) in [6, 6.07) is 0. The molecule has 6 heteroatoms. The Hall–Kier alpha value is -0.780. The van der Waals surface area contributed by atoms with Crippen molar-refractivity contribution >= 4 is 15.8 Å². The van der Waals surface area contributed by atoms with E-state index in [1.807, 2.05) is 0 Å². The lowest BCUT2D eigenvalue weighted by molar-refractivity contribution is 0.516. The molecule has 0 aromatic heterocycles. The number of hydrogen-bond donors (Lipinski definition) is 1. The summed E-state index contributed by atoms with van der Waals surface area (Å²) in [5.41, 5.74) is 5.68. The summed E-state index contributed by atoms with van der Waals surface area (Å²) < 4.78 is 23.0. The first-order valence-electron chi connectivity index (χ1n) is 5.45. The molecule has 1 rings (SSSR count). The van der Waals surface area contributed by atoms with Crippen molar-refractivity contribution in [3.63, 3.8) is 0 Å². The Bertz CT molecular complexity index is 368. The van der Waals surface area contributed by atoms with E-state index >= 15 is 0 Å². The van der Waals surface area contributed by atoms with Crippen LogP contribution in [0.25, 0.3) is 0 Å². The smallest absolute Gasteiger partial charge is 0.190 e. The third-order valence-corrected chi connectivity index (χ3v) is 5.40. The Balaban J connectivity index is 2.86. The number of nitrogens with zero attached hydrogens (tertiary/aromatic N) is 2. The van der Waals surface area contributed by atoms with Crippen molar-refractivity contribution in [2.24, 2.45) is 10.7 Å². The molecule has 0 unspecified atom stereocenters. The number of rotatable bonds is 3. The lowest BCUT2D eigenvalue weighted by atomic mass is 10.1. The van der Waals surface area contributed by atoms with Crippen molar-refractivity contribution < 1.29 is 8.42 Å². The van der Waals surface area contributed by atoms with Crippen LogP contribution in [-0.4, -0.2) is 50.9 Å². The highest BCUT2D eigenvalue weighted by Gasteiger charge is 2.43. The highest BCUT2D eigenvalue weighted by Crippen LogP contribution is 2.36. The van der Waals surface area contributed by atoms with E-state index in [2.05, 4.69) is 4.99 Å². The molecule has 0 heterocycles. The first kappa shape index (κ1) is 13.3. The largest absolute Gasteiger partial charge is 0.370 e. The molecule has 0 atom stereocenters. The molecule has 0 radical (unpaired) electrons. The molecule has 5 nitrogen and oxygen atoms in total. The van der Waals surface area contributed by atoms with Gasteiger partial charge < -0.3 is 10.6 Å². The standard InChI is InChI=1S/C10H21N3O2S/c1-13(2)9(11)12-8-10(16(3,14)15)6-4-5-7-10/h4-8H2,1-3H3,(H2,11,12). The summed E-state index contributed by atoms with van der Waals surface area (Å²) in [6.07, 6.45) is 4.64. The molecule has 1 aliphatic rings. The highest BCUT2D eigenvalue weighted by atomic mass is 32.2. The van der Waals surface area contributed by atoms with E-state index in [1.165, 1.54) is 6.26 Å². The van der Waals surface area contributed by atoms with E-state index in [1.54, 1.807) is 19.0 Å². The summed E-state index contributed by atoms with van der Waals surface area (Å²) in [4.78, 5) is 5.87. The fourth-order valence-electron chi connectivity index (χ4n) is 2.03. The molecule has 1 fully saturated rings. The van der Waals surface area contributed by atoms with Crippen LogP contribution in [0.1, 0.15) is 25.7 Å². The maximum Gasteiger partial charge on any atom is 0.190 e. The molecule has 16 heavy (non-hydrogen) atoms. The van der Waals surface area contributed by atoms with Gasteiger partial charge in [-0.15, -0.1) is 0 Å². The van der Waals surface area contributed by atoms with Gasteiger partial charge in [0.05, 0.1) is 11.3 Å². The van der Waals surface area contributed by atoms with Crippen LogP contribution in [0.15, 0.2) is 4.99 Å². The van der Waals surface area contributed by atoms with Crippen LogP contribution in [-0.2, 0) is 9.84 Å². The van der Waals surface area contributed by atoms with E-state index in [9.17, 15) is 8.42 Å². The van der Waals surface area contributed by atoms with Crippen LogP contribution in [0.5, 0.6) is 0 Å². The molecular formula is C10H21N3O2S. The fraction of sp³-hybridized carbons (Fsp3) is 0.900. The molecule has 0 saturated heterocycles. The molecular weight excluding hydrogens is 226 g/mol. The molecule has 0 aliphatic heterocycles. The Kier molecular flexibility index (Phi) is 3.83. The van der Waals surface area contributed by atoms with Gasteiger partial charge >= 0.3 is 0 Å². The Morgan fingerprint density at radius 2 is 1.88 bits per heavy atom. The molecule has 2 N–H and O–H groups in total. The van der Waals surface area contributed by atoms with Gasteiger partial charge in [0.25, 0.3) is 0 Å². The van der Waals surface area contributed by atoms with Gasteiger partial charge in [0, 0.05) is 20.4 Å². The minimum Gasteiger partial charge on any atom is -0.370 e. The first-order chi connectivity index (χ1) is 7.28. The Morgan fingerprint density at radius 3 is 2.25 bits per heavy atom. The van der Waals surface area contributed by atoms with Crippen molar-refractivity contribution in [3.8, 4) is 0 Å². The second kappa shape index (κ2) is 4.61. The lowest BCUT2D eigenvalue weighted by Crippen LogP contribution is -2.40. The number of guanidine groups is 1. The van der Waals surface area contributed by atoms with E-state index in [4.69, 9.17) is 5.73 Å². The van der Waals surface area contributed by atoms with Gasteiger partial charge in [-0.05, 0) is 12.8 Å². The van der Waals surface area contributed by atoms with Gasteiger partial charge in [-0.25, -0.2) is 8.42 Å².